The van der Waals surface area contributed by atoms with Gasteiger partial charge in [-0.05, 0) is 38.7 Å². The first-order valence-electron chi connectivity index (χ1n) is 7.14. The molecule has 0 bridgehead atoms. The number of ether oxygens (including phenoxy) is 1. The summed E-state index contributed by atoms with van der Waals surface area (Å²) < 4.78 is 5.35. The molecular weight excluding hydrogens is 252 g/mol. The van der Waals surface area contributed by atoms with Crippen molar-refractivity contribution in [2.75, 3.05) is 13.7 Å². The van der Waals surface area contributed by atoms with Crippen molar-refractivity contribution in [2.24, 2.45) is 11.7 Å². The molecule has 1 aliphatic rings. The quantitative estimate of drug-likeness (QED) is 0.833. The van der Waals surface area contributed by atoms with Gasteiger partial charge in [0, 0.05) is 18.2 Å². The van der Waals surface area contributed by atoms with Crippen LogP contribution in [0.4, 0.5) is 0 Å². The number of methoxy groups -OCH3 is 1. The van der Waals surface area contributed by atoms with Crippen molar-refractivity contribution < 1.29 is 9.53 Å². The van der Waals surface area contributed by atoms with E-state index >= 15 is 0 Å². The summed E-state index contributed by atoms with van der Waals surface area (Å²) in [4.78, 5) is 12.5. The molecule has 0 heterocycles. The van der Waals surface area contributed by atoms with Crippen molar-refractivity contribution in [1.82, 2.24) is 5.32 Å². The van der Waals surface area contributed by atoms with Crippen LogP contribution in [0.2, 0.25) is 0 Å². The Morgan fingerprint density at radius 1 is 1.45 bits per heavy atom. The molecule has 1 aromatic rings. The van der Waals surface area contributed by atoms with Crippen molar-refractivity contribution in [3.05, 3.63) is 29.8 Å². The van der Waals surface area contributed by atoms with E-state index in [1.54, 1.807) is 7.11 Å². The molecule has 0 radical (unpaired) electrons. The van der Waals surface area contributed by atoms with Gasteiger partial charge in [0.05, 0.1) is 12.5 Å². The van der Waals surface area contributed by atoms with Gasteiger partial charge in [0.15, 0.2) is 0 Å². The van der Waals surface area contributed by atoms with E-state index in [4.69, 9.17) is 10.5 Å². The summed E-state index contributed by atoms with van der Waals surface area (Å²) in [6, 6.07) is 7.70. The van der Waals surface area contributed by atoms with Crippen LogP contribution in [0.1, 0.15) is 32.3 Å². The summed E-state index contributed by atoms with van der Waals surface area (Å²) in [5.74, 6) is 1.31. The molecular formula is C16H24N2O2. The van der Waals surface area contributed by atoms with E-state index in [2.05, 4.69) is 5.32 Å². The number of amides is 1. The molecule has 0 aliphatic heterocycles. The minimum Gasteiger partial charge on any atom is -0.496 e. The van der Waals surface area contributed by atoms with Crippen LogP contribution < -0.4 is 15.8 Å². The normalized spacial score (nSPS) is 16.6. The van der Waals surface area contributed by atoms with Crippen LogP contribution in [0.3, 0.4) is 0 Å². The Kier molecular flexibility index (Phi) is 4.33. The van der Waals surface area contributed by atoms with Crippen LogP contribution in [0.15, 0.2) is 24.3 Å². The average molecular weight is 276 g/mol. The highest BCUT2D eigenvalue weighted by Crippen LogP contribution is 2.33. The Hall–Kier alpha value is -1.55. The second-order valence-corrected chi connectivity index (χ2v) is 6.04. The second-order valence-electron chi connectivity index (χ2n) is 6.04. The molecule has 1 fully saturated rings. The van der Waals surface area contributed by atoms with E-state index in [1.165, 1.54) is 12.8 Å². The number of para-hydroxylation sites is 1. The van der Waals surface area contributed by atoms with Gasteiger partial charge in [-0.3, -0.25) is 4.79 Å². The Balaban J connectivity index is 2.05. The fourth-order valence-electron chi connectivity index (χ4n) is 2.41. The van der Waals surface area contributed by atoms with E-state index in [9.17, 15) is 4.79 Å². The Bertz CT molecular complexity index is 481. The van der Waals surface area contributed by atoms with Gasteiger partial charge in [0.2, 0.25) is 5.91 Å². The molecule has 1 unspecified atom stereocenters. The summed E-state index contributed by atoms with van der Waals surface area (Å²) in [6.07, 6.45) is 2.37. The van der Waals surface area contributed by atoms with Gasteiger partial charge in [-0.15, -0.1) is 0 Å². The molecule has 2 rings (SSSR count). The first-order valence-corrected chi connectivity index (χ1v) is 7.14. The maximum Gasteiger partial charge on any atom is 0.230 e. The van der Waals surface area contributed by atoms with Crippen LogP contribution >= 0.6 is 0 Å². The van der Waals surface area contributed by atoms with E-state index in [1.807, 2.05) is 38.1 Å². The number of hydrogen-bond acceptors (Lipinski definition) is 3. The maximum atomic E-state index is 12.5. The van der Waals surface area contributed by atoms with Crippen LogP contribution in [0.25, 0.3) is 0 Å². The van der Waals surface area contributed by atoms with Crippen molar-refractivity contribution in [1.29, 1.82) is 0 Å². The highest BCUT2D eigenvalue weighted by molar-refractivity contribution is 5.88. The summed E-state index contributed by atoms with van der Waals surface area (Å²) in [6.45, 7) is 4.35. The van der Waals surface area contributed by atoms with E-state index < -0.39 is 5.41 Å². The average Bonchev–Trinajstić information content (AvgIpc) is 3.28. The fourth-order valence-corrected chi connectivity index (χ4v) is 2.41. The number of benzene rings is 1. The molecule has 20 heavy (non-hydrogen) atoms. The lowest BCUT2D eigenvalue weighted by Crippen LogP contribution is -2.45. The lowest BCUT2D eigenvalue weighted by molar-refractivity contribution is -0.125. The minimum absolute atomic E-state index is 0.0156. The SMILES string of the molecule is COc1ccccc1C(C)(C)C(=O)NCC(N)C1CC1. The van der Waals surface area contributed by atoms with Crippen LogP contribution in [0, 0.1) is 5.92 Å². The number of carbonyl (C=O) groups excluding carboxylic acids is 1. The molecule has 4 nitrogen and oxygen atoms in total. The molecule has 3 N–H and O–H groups in total. The molecule has 0 spiro atoms. The Morgan fingerprint density at radius 2 is 2.10 bits per heavy atom. The molecule has 4 heteroatoms. The molecule has 1 amide bonds. The van der Waals surface area contributed by atoms with Gasteiger partial charge < -0.3 is 15.8 Å². The maximum absolute atomic E-state index is 12.5. The first-order chi connectivity index (χ1) is 9.46. The van der Waals surface area contributed by atoms with Crippen molar-refractivity contribution in [3.63, 3.8) is 0 Å². The zero-order valence-electron chi connectivity index (χ0n) is 12.5. The number of carbonyl (C=O) groups is 1. The largest absolute Gasteiger partial charge is 0.496 e. The number of hydrogen-bond donors (Lipinski definition) is 2. The molecule has 1 atom stereocenters. The van der Waals surface area contributed by atoms with Gasteiger partial charge >= 0.3 is 0 Å². The summed E-state index contributed by atoms with van der Waals surface area (Å²) >= 11 is 0. The third-order valence-corrected chi connectivity index (χ3v) is 4.07. The summed E-state index contributed by atoms with van der Waals surface area (Å²) in [5, 5.41) is 2.97. The molecule has 110 valence electrons. The fraction of sp³-hybridized carbons (Fsp3) is 0.562. The number of nitrogens with one attached hydrogen (secondary N) is 1. The van der Waals surface area contributed by atoms with Crippen LogP contribution in [-0.4, -0.2) is 25.6 Å². The molecule has 1 saturated carbocycles. The van der Waals surface area contributed by atoms with Crippen LogP contribution in [0.5, 0.6) is 5.75 Å². The molecule has 0 saturated heterocycles. The van der Waals surface area contributed by atoms with E-state index in [0.717, 1.165) is 11.3 Å². The zero-order valence-corrected chi connectivity index (χ0v) is 12.5. The lowest BCUT2D eigenvalue weighted by atomic mass is 9.83. The van der Waals surface area contributed by atoms with Crippen molar-refractivity contribution in [3.8, 4) is 5.75 Å². The predicted octanol–water partition coefficient (Wildman–Crippen LogP) is 1.83. The highest BCUT2D eigenvalue weighted by Gasteiger charge is 2.34. The lowest BCUT2D eigenvalue weighted by Gasteiger charge is -2.26. The number of rotatable bonds is 6. The first kappa shape index (κ1) is 14.9. The standard InChI is InChI=1S/C16H24N2O2/c1-16(2,12-6-4-5-7-14(12)20-3)15(19)18-10-13(17)11-8-9-11/h4-7,11,13H,8-10,17H2,1-3H3,(H,18,19). The van der Waals surface area contributed by atoms with Gasteiger partial charge in [0.25, 0.3) is 0 Å². The number of nitrogens with two attached hydrogens (primary N) is 1. The van der Waals surface area contributed by atoms with Crippen molar-refractivity contribution >= 4 is 5.91 Å². The van der Waals surface area contributed by atoms with Gasteiger partial charge in [-0.1, -0.05) is 18.2 Å². The predicted molar refractivity (Wildman–Crippen MR) is 79.7 cm³/mol. The highest BCUT2D eigenvalue weighted by atomic mass is 16.5. The molecule has 1 aromatic carbocycles. The second kappa shape index (κ2) is 5.83. The molecule has 0 aromatic heterocycles. The monoisotopic (exact) mass is 276 g/mol. The third kappa shape index (κ3) is 3.12. The minimum atomic E-state index is -0.643. The smallest absolute Gasteiger partial charge is 0.230 e. The summed E-state index contributed by atoms with van der Waals surface area (Å²) in [5.41, 5.74) is 6.27. The summed E-state index contributed by atoms with van der Waals surface area (Å²) in [7, 11) is 1.62. The topological polar surface area (TPSA) is 64.3 Å². The zero-order chi connectivity index (χ0) is 14.8. The Morgan fingerprint density at radius 3 is 2.70 bits per heavy atom. The van der Waals surface area contributed by atoms with E-state index in [0.29, 0.717) is 12.5 Å². The van der Waals surface area contributed by atoms with E-state index in [-0.39, 0.29) is 11.9 Å². The van der Waals surface area contributed by atoms with Gasteiger partial charge in [-0.2, -0.15) is 0 Å². The van der Waals surface area contributed by atoms with Gasteiger partial charge in [-0.25, -0.2) is 0 Å². The third-order valence-electron chi connectivity index (χ3n) is 4.07. The Labute approximate surface area is 120 Å². The van der Waals surface area contributed by atoms with Crippen molar-refractivity contribution in [2.45, 2.75) is 38.1 Å². The van der Waals surface area contributed by atoms with Gasteiger partial charge in [0.1, 0.15) is 5.75 Å². The molecule has 1 aliphatic carbocycles. The van der Waals surface area contributed by atoms with Crippen LogP contribution in [-0.2, 0) is 10.2 Å².